The Hall–Kier alpha value is -2.04. The van der Waals surface area contributed by atoms with Gasteiger partial charge in [0, 0.05) is 28.0 Å². The Bertz CT molecular complexity index is 903. The Morgan fingerprint density at radius 3 is 2.46 bits per heavy atom. The van der Waals surface area contributed by atoms with Crippen LogP contribution in [0, 0.1) is 0 Å². The summed E-state index contributed by atoms with van der Waals surface area (Å²) in [5, 5.41) is 9.16. The predicted molar refractivity (Wildman–Crippen MR) is 109 cm³/mol. The third kappa shape index (κ3) is 4.02. The van der Waals surface area contributed by atoms with Crippen LogP contribution in [0.1, 0.15) is 31.2 Å². The van der Waals surface area contributed by atoms with Crippen molar-refractivity contribution in [3.05, 3.63) is 58.1 Å². The van der Waals surface area contributed by atoms with Gasteiger partial charge in [-0.05, 0) is 48.7 Å². The first kappa shape index (κ1) is 17.4. The first-order valence-corrected chi connectivity index (χ1v) is 9.65. The van der Waals surface area contributed by atoms with E-state index in [1.807, 2.05) is 36.4 Å². The lowest BCUT2D eigenvalue weighted by Crippen LogP contribution is -2.17. The summed E-state index contributed by atoms with van der Waals surface area (Å²) in [5.41, 5.74) is 1.94. The third-order valence-corrected chi connectivity index (χ3v) is 5.11. The quantitative estimate of drug-likeness (QED) is 0.572. The highest BCUT2D eigenvalue weighted by atomic mass is 35.5. The number of rotatable bonds is 5. The van der Waals surface area contributed by atoms with Crippen molar-refractivity contribution >= 4 is 45.9 Å². The molecule has 0 saturated heterocycles. The molecule has 1 aromatic heterocycles. The van der Waals surface area contributed by atoms with Gasteiger partial charge in [-0.15, -0.1) is 0 Å². The summed E-state index contributed by atoms with van der Waals surface area (Å²) in [5.74, 6) is 1.49. The highest BCUT2D eigenvalue weighted by molar-refractivity contribution is 6.34. The van der Waals surface area contributed by atoms with Gasteiger partial charge in [-0.3, -0.25) is 0 Å². The van der Waals surface area contributed by atoms with E-state index in [0.717, 1.165) is 22.3 Å². The van der Waals surface area contributed by atoms with E-state index in [2.05, 4.69) is 15.6 Å². The van der Waals surface area contributed by atoms with Crippen LogP contribution in [0.3, 0.4) is 0 Å². The van der Waals surface area contributed by atoms with Gasteiger partial charge in [-0.25, -0.2) is 4.98 Å². The van der Waals surface area contributed by atoms with Gasteiger partial charge < -0.3 is 10.6 Å². The number of anilines is 2. The van der Waals surface area contributed by atoms with Gasteiger partial charge in [0.1, 0.15) is 5.82 Å². The summed E-state index contributed by atoms with van der Waals surface area (Å²) in [6.45, 7) is 0.587. The molecule has 0 aliphatic heterocycles. The largest absolute Gasteiger partial charge is 0.365 e. The van der Waals surface area contributed by atoms with Crippen LogP contribution >= 0.6 is 23.2 Å². The predicted octanol–water partition coefficient (Wildman–Crippen LogP) is 5.90. The molecule has 0 unspecified atom stereocenters. The molecule has 1 heterocycles. The average Bonchev–Trinajstić information content (AvgIpc) is 3.12. The van der Waals surface area contributed by atoms with E-state index in [1.54, 1.807) is 6.07 Å². The molecule has 0 bridgehead atoms. The van der Waals surface area contributed by atoms with Gasteiger partial charge in [0.05, 0.1) is 5.52 Å². The number of hydrogen-bond donors (Lipinski definition) is 2. The molecule has 26 heavy (non-hydrogen) atoms. The van der Waals surface area contributed by atoms with Crippen molar-refractivity contribution in [3.8, 4) is 0 Å². The molecule has 1 aliphatic carbocycles. The molecule has 1 fully saturated rings. The summed E-state index contributed by atoms with van der Waals surface area (Å²) in [7, 11) is 0. The van der Waals surface area contributed by atoms with Crippen molar-refractivity contribution in [3.63, 3.8) is 0 Å². The second-order valence-electron chi connectivity index (χ2n) is 6.67. The van der Waals surface area contributed by atoms with Gasteiger partial charge in [0.2, 0.25) is 5.95 Å². The number of hydrogen-bond acceptors (Lipinski definition) is 4. The maximum atomic E-state index is 6.10. The molecule has 4 rings (SSSR count). The summed E-state index contributed by atoms with van der Waals surface area (Å²) in [6, 6.07) is 14.0. The van der Waals surface area contributed by atoms with Crippen LogP contribution in [-0.4, -0.2) is 16.0 Å². The topological polar surface area (TPSA) is 49.8 Å². The fourth-order valence-electron chi connectivity index (χ4n) is 3.43. The molecule has 134 valence electrons. The fraction of sp³-hybridized carbons (Fsp3) is 0.300. The van der Waals surface area contributed by atoms with Crippen molar-refractivity contribution in [2.45, 2.75) is 38.3 Å². The van der Waals surface area contributed by atoms with Crippen LogP contribution in [0.2, 0.25) is 10.0 Å². The van der Waals surface area contributed by atoms with Crippen molar-refractivity contribution in [2.24, 2.45) is 0 Å². The number of halogens is 2. The number of fused-ring (bicyclic) bond motifs is 1. The Morgan fingerprint density at radius 2 is 1.69 bits per heavy atom. The van der Waals surface area contributed by atoms with E-state index in [1.165, 1.54) is 25.7 Å². The number of aromatic nitrogens is 2. The first-order chi connectivity index (χ1) is 12.7. The summed E-state index contributed by atoms with van der Waals surface area (Å²) in [6.07, 6.45) is 4.90. The van der Waals surface area contributed by atoms with Crippen molar-refractivity contribution in [2.75, 3.05) is 10.6 Å². The standard InChI is InChI=1S/C20H20Cl2N4/c21-14-9-13(10-15(22)11-14)12-23-19-17-7-3-4-8-18(17)25-20(26-19)24-16-5-1-2-6-16/h3-4,7-11,16H,1-2,5-6,12H2,(H2,23,24,25,26). The number of nitrogens with one attached hydrogen (secondary N) is 2. The Kier molecular flexibility index (Phi) is 5.14. The second kappa shape index (κ2) is 7.68. The van der Waals surface area contributed by atoms with E-state index in [4.69, 9.17) is 28.2 Å². The molecule has 4 nitrogen and oxygen atoms in total. The lowest BCUT2D eigenvalue weighted by Gasteiger charge is -2.15. The number of nitrogens with zero attached hydrogens (tertiary/aromatic N) is 2. The monoisotopic (exact) mass is 386 g/mol. The molecular weight excluding hydrogens is 367 g/mol. The van der Waals surface area contributed by atoms with Gasteiger partial charge in [0.15, 0.2) is 0 Å². The third-order valence-electron chi connectivity index (χ3n) is 4.67. The van der Waals surface area contributed by atoms with Crippen LogP contribution < -0.4 is 10.6 Å². The van der Waals surface area contributed by atoms with Crippen molar-refractivity contribution < 1.29 is 0 Å². The van der Waals surface area contributed by atoms with E-state index >= 15 is 0 Å². The first-order valence-electron chi connectivity index (χ1n) is 8.89. The molecule has 1 aliphatic rings. The summed E-state index contributed by atoms with van der Waals surface area (Å²) in [4.78, 5) is 9.40. The van der Waals surface area contributed by atoms with Crippen molar-refractivity contribution in [1.29, 1.82) is 0 Å². The van der Waals surface area contributed by atoms with E-state index in [0.29, 0.717) is 28.6 Å². The summed E-state index contributed by atoms with van der Waals surface area (Å²) < 4.78 is 0. The van der Waals surface area contributed by atoms with E-state index in [-0.39, 0.29) is 0 Å². The van der Waals surface area contributed by atoms with Crippen molar-refractivity contribution in [1.82, 2.24) is 9.97 Å². The van der Waals surface area contributed by atoms with Crippen LogP contribution in [0.5, 0.6) is 0 Å². The maximum absolute atomic E-state index is 6.10. The molecule has 0 amide bonds. The Balaban J connectivity index is 1.61. The Labute approximate surface area is 162 Å². The molecule has 0 atom stereocenters. The molecule has 2 aromatic carbocycles. The second-order valence-corrected chi connectivity index (χ2v) is 7.54. The van der Waals surface area contributed by atoms with Gasteiger partial charge in [0.25, 0.3) is 0 Å². The SMILES string of the molecule is Clc1cc(Cl)cc(CNc2nc(NC3CCCC3)nc3ccccc23)c1. The molecule has 3 aromatic rings. The zero-order valence-electron chi connectivity index (χ0n) is 14.3. The minimum atomic E-state index is 0.468. The van der Waals surface area contributed by atoms with Crippen LogP contribution in [0.4, 0.5) is 11.8 Å². The minimum Gasteiger partial charge on any atom is -0.365 e. The van der Waals surface area contributed by atoms with Crippen LogP contribution in [0.25, 0.3) is 10.9 Å². The lowest BCUT2D eigenvalue weighted by molar-refractivity contribution is 0.745. The lowest BCUT2D eigenvalue weighted by atomic mass is 10.2. The van der Waals surface area contributed by atoms with Gasteiger partial charge in [-0.2, -0.15) is 4.98 Å². The normalized spacial score (nSPS) is 14.7. The number of para-hydroxylation sites is 1. The molecule has 2 N–H and O–H groups in total. The number of benzene rings is 2. The molecule has 6 heteroatoms. The fourth-order valence-corrected chi connectivity index (χ4v) is 4.00. The summed E-state index contributed by atoms with van der Waals surface area (Å²) >= 11 is 12.2. The van der Waals surface area contributed by atoms with Gasteiger partial charge in [-0.1, -0.05) is 48.2 Å². The average molecular weight is 387 g/mol. The van der Waals surface area contributed by atoms with E-state index in [9.17, 15) is 0 Å². The molecule has 0 radical (unpaired) electrons. The zero-order valence-corrected chi connectivity index (χ0v) is 15.8. The highest BCUT2D eigenvalue weighted by Crippen LogP contribution is 2.26. The molecular formula is C20H20Cl2N4. The minimum absolute atomic E-state index is 0.468. The van der Waals surface area contributed by atoms with Crippen LogP contribution in [-0.2, 0) is 6.54 Å². The highest BCUT2D eigenvalue weighted by Gasteiger charge is 2.16. The molecule has 0 spiro atoms. The Morgan fingerprint density at radius 1 is 0.962 bits per heavy atom. The zero-order chi connectivity index (χ0) is 17.9. The maximum Gasteiger partial charge on any atom is 0.225 e. The molecule has 1 saturated carbocycles. The smallest absolute Gasteiger partial charge is 0.225 e. The van der Waals surface area contributed by atoms with E-state index < -0.39 is 0 Å². The van der Waals surface area contributed by atoms with Crippen LogP contribution in [0.15, 0.2) is 42.5 Å². The van der Waals surface area contributed by atoms with Gasteiger partial charge >= 0.3 is 0 Å².